The monoisotopic (exact) mass is 368 g/mol. The van der Waals surface area contributed by atoms with E-state index in [4.69, 9.17) is 4.74 Å². The van der Waals surface area contributed by atoms with E-state index in [-0.39, 0.29) is 5.82 Å². The van der Waals surface area contributed by atoms with Gasteiger partial charge in [0.15, 0.2) is 0 Å². The summed E-state index contributed by atoms with van der Waals surface area (Å²) < 4.78 is 20.3. The molecule has 0 amide bonds. The van der Waals surface area contributed by atoms with Crippen LogP contribution < -0.4 is 4.74 Å². The summed E-state index contributed by atoms with van der Waals surface area (Å²) in [4.78, 5) is 0. The van der Waals surface area contributed by atoms with Crippen molar-refractivity contribution >= 4 is 0 Å². The summed E-state index contributed by atoms with van der Waals surface area (Å²) in [7, 11) is 0. The molecule has 4 aromatic carbocycles. The second kappa shape index (κ2) is 8.10. The second-order valence-corrected chi connectivity index (χ2v) is 6.56. The second-order valence-electron chi connectivity index (χ2n) is 6.56. The van der Waals surface area contributed by atoms with Gasteiger partial charge >= 0.3 is 0 Å². The average molecular weight is 368 g/mol. The molecule has 0 spiro atoms. The van der Waals surface area contributed by atoms with Gasteiger partial charge < -0.3 is 4.74 Å². The van der Waals surface area contributed by atoms with Crippen LogP contribution in [0.4, 0.5) is 4.39 Å². The molecule has 0 N–H and O–H groups in total. The first-order chi connectivity index (χ1) is 13.8. The molecule has 0 heterocycles. The molecule has 0 aromatic heterocycles. The number of benzene rings is 4. The van der Waals surface area contributed by atoms with Gasteiger partial charge in [0.25, 0.3) is 0 Å². The smallest absolute Gasteiger partial charge is 0.131 e. The number of rotatable bonds is 5. The van der Waals surface area contributed by atoms with Crippen molar-refractivity contribution in [3.63, 3.8) is 0 Å². The van der Waals surface area contributed by atoms with E-state index in [0.717, 1.165) is 28.0 Å². The minimum Gasteiger partial charge on any atom is -0.494 e. The summed E-state index contributed by atoms with van der Waals surface area (Å²) in [6.07, 6.45) is 0. The van der Waals surface area contributed by atoms with E-state index in [1.807, 2.05) is 55.5 Å². The fraction of sp³-hybridized carbons (Fsp3) is 0.0769. The Balaban J connectivity index is 1.73. The Morgan fingerprint density at radius 2 is 1.21 bits per heavy atom. The summed E-state index contributed by atoms with van der Waals surface area (Å²) in [5, 5.41) is 0. The van der Waals surface area contributed by atoms with Crippen molar-refractivity contribution in [2.24, 2.45) is 0 Å². The van der Waals surface area contributed by atoms with Gasteiger partial charge in [-0.3, -0.25) is 0 Å². The van der Waals surface area contributed by atoms with Crippen molar-refractivity contribution in [3.05, 3.63) is 103 Å². The Kier molecular flexibility index (Phi) is 5.20. The minimum atomic E-state index is -0.228. The van der Waals surface area contributed by atoms with E-state index in [0.29, 0.717) is 12.2 Å². The van der Waals surface area contributed by atoms with E-state index in [1.165, 1.54) is 11.6 Å². The summed E-state index contributed by atoms with van der Waals surface area (Å²) in [5.74, 6) is 0.560. The van der Waals surface area contributed by atoms with Crippen LogP contribution in [0.2, 0.25) is 0 Å². The van der Waals surface area contributed by atoms with Crippen molar-refractivity contribution in [2.45, 2.75) is 6.92 Å². The van der Waals surface area contributed by atoms with Crippen LogP contribution in [0.5, 0.6) is 5.75 Å². The molecule has 0 radical (unpaired) electrons. The van der Waals surface area contributed by atoms with Crippen molar-refractivity contribution in [1.82, 2.24) is 0 Å². The van der Waals surface area contributed by atoms with E-state index >= 15 is 0 Å². The highest BCUT2D eigenvalue weighted by atomic mass is 19.1. The van der Waals surface area contributed by atoms with Crippen molar-refractivity contribution in [3.8, 4) is 39.1 Å². The maximum atomic E-state index is 14.8. The molecular weight excluding hydrogens is 347 g/mol. The Morgan fingerprint density at radius 3 is 1.89 bits per heavy atom. The van der Waals surface area contributed by atoms with Crippen LogP contribution in [0.25, 0.3) is 33.4 Å². The van der Waals surface area contributed by atoms with Crippen LogP contribution in [0, 0.1) is 5.82 Å². The molecule has 0 aliphatic rings. The van der Waals surface area contributed by atoms with Gasteiger partial charge in [-0.2, -0.15) is 0 Å². The number of halogens is 1. The first kappa shape index (κ1) is 18.0. The van der Waals surface area contributed by atoms with E-state index < -0.39 is 0 Å². The van der Waals surface area contributed by atoms with Gasteiger partial charge in [-0.25, -0.2) is 4.39 Å². The Hall–Kier alpha value is -3.39. The molecular formula is C26H21FO. The van der Waals surface area contributed by atoms with Crippen LogP contribution >= 0.6 is 0 Å². The maximum Gasteiger partial charge on any atom is 0.131 e. The summed E-state index contributed by atoms with van der Waals surface area (Å²) in [5.41, 5.74) is 5.62. The highest BCUT2D eigenvalue weighted by molar-refractivity contribution is 5.84. The lowest BCUT2D eigenvalue weighted by molar-refractivity contribution is 0.340. The number of hydrogen-bond donors (Lipinski definition) is 0. The van der Waals surface area contributed by atoms with Gasteiger partial charge in [-0.05, 0) is 52.9 Å². The molecule has 1 nitrogen and oxygen atoms in total. The van der Waals surface area contributed by atoms with Gasteiger partial charge in [0.1, 0.15) is 11.6 Å². The molecule has 2 heteroatoms. The highest BCUT2D eigenvalue weighted by Crippen LogP contribution is 2.35. The Bertz CT molecular complexity index is 1050. The number of ether oxygens (including phenoxy) is 1. The average Bonchev–Trinajstić information content (AvgIpc) is 2.75. The Morgan fingerprint density at radius 1 is 0.607 bits per heavy atom. The molecule has 0 atom stereocenters. The molecule has 0 aliphatic heterocycles. The van der Waals surface area contributed by atoms with E-state index in [9.17, 15) is 4.39 Å². The van der Waals surface area contributed by atoms with Crippen molar-refractivity contribution in [2.75, 3.05) is 6.61 Å². The zero-order valence-electron chi connectivity index (χ0n) is 15.7. The topological polar surface area (TPSA) is 9.23 Å². The zero-order valence-corrected chi connectivity index (χ0v) is 15.7. The summed E-state index contributed by atoms with van der Waals surface area (Å²) in [6, 6.07) is 31.3. The molecule has 0 fully saturated rings. The third-order valence-electron chi connectivity index (χ3n) is 4.77. The van der Waals surface area contributed by atoms with Crippen LogP contribution in [-0.4, -0.2) is 6.61 Å². The molecule has 0 aliphatic carbocycles. The van der Waals surface area contributed by atoms with Gasteiger partial charge in [0.05, 0.1) is 6.61 Å². The minimum absolute atomic E-state index is 0.228. The van der Waals surface area contributed by atoms with Gasteiger partial charge in [0.2, 0.25) is 0 Å². The van der Waals surface area contributed by atoms with Crippen molar-refractivity contribution < 1.29 is 9.13 Å². The van der Waals surface area contributed by atoms with E-state index in [1.54, 1.807) is 6.07 Å². The van der Waals surface area contributed by atoms with Crippen LogP contribution in [0.3, 0.4) is 0 Å². The van der Waals surface area contributed by atoms with Gasteiger partial charge in [-0.1, -0.05) is 78.9 Å². The lowest BCUT2D eigenvalue weighted by atomic mass is 9.93. The van der Waals surface area contributed by atoms with Gasteiger partial charge in [-0.15, -0.1) is 0 Å². The fourth-order valence-electron chi connectivity index (χ4n) is 3.42. The number of hydrogen-bond acceptors (Lipinski definition) is 1. The predicted octanol–water partition coefficient (Wildman–Crippen LogP) is 7.23. The third kappa shape index (κ3) is 3.67. The first-order valence-electron chi connectivity index (χ1n) is 9.44. The van der Waals surface area contributed by atoms with Crippen LogP contribution in [-0.2, 0) is 0 Å². The molecule has 0 bridgehead atoms. The third-order valence-corrected chi connectivity index (χ3v) is 4.77. The normalized spacial score (nSPS) is 10.6. The van der Waals surface area contributed by atoms with Gasteiger partial charge in [0, 0.05) is 5.56 Å². The summed E-state index contributed by atoms with van der Waals surface area (Å²) in [6.45, 7) is 2.56. The zero-order chi connectivity index (χ0) is 19.3. The first-order valence-corrected chi connectivity index (χ1v) is 9.44. The standard InChI is InChI=1S/C26H21FO/c1-2-28-23-17-15-22(16-18-23)26-24(9-6-10-25(26)27)21-13-11-20(12-14-21)19-7-4-3-5-8-19/h3-18H,2H2,1H3. The predicted molar refractivity (Wildman–Crippen MR) is 114 cm³/mol. The molecule has 0 saturated heterocycles. The summed E-state index contributed by atoms with van der Waals surface area (Å²) >= 11 is 0. The quantitative estimate of drug-likeness (QED) is 0.361. The molecule has 0 saturated carbocycles. The molecule has 4 aromatic rings. The van der Waals surface area contributed by atoms with Crippen molar-refractivity contribution in [1.29, 1.82) is 0 Å². The highest BCUT2D eigenvalue weighted by Gasteiger charge is 2.13. The fourth-order valence-corrected chi connectivity index (χ4v) is 3.42. The molecule has 4 rings (SSSR count). The SMILES string of the molecule is CCOc1ccc(-c2c(F)cccc2-c2ccc(-c3ccccc3)cc2)cc1. The molecule has 28 heavy (non-hydrogen) atoms. The largest absolute Gasteiger partial charge is 0.494 e. The van der Waals surface area contributed by atoms with E-state index in [2.05, 4.69) is 36.4 Å². The maximum absolute atomic E-state index is 14.8. The molecule has 138 valence electrons. The Labute approximate surface area is 165 Å². The lowest BCUT2D eigenvalue weighted by Gasteiger charge is -2.13. The van der Waals surface area contributed by atoms with Crippen LogP contribution in [0.1, 0.15) is 6.92 Å². The van der Waals surface area contributed by atoms with Crippen LogP contribution in [0.15, 0.2) is 97.1 Å². The molecule has 0 unspecified atom stereocenters. The lowest BCUT2D eigenvalue weighted by Crippen LogP contribution is -1.93.